The van der Waals surface area contributed by atoms with Gasteiger partial charge in [-0.1, -0.05) is 18.2 Å². The second kappa shape index (κ2) is 7.81. The Hall–Kier alpha value is -3.19. The van der Waals surface area contributed by atoms with Gasteiger partial charge in [-0.05, 0) is 56.5 Å². The molecule has 0 fully saturated rings. The molecule has 2 aromatic carbocycles. The Bertz CT molecular complexity index is 1190. The van der Waals surface area contributed by atoms with Gasteiger partial charge in [-0.2, -0.15) is 0 Å². The van der Waals surface area contributed by atoms with E-state index in [1.807, 2.05) is 50.2 Å². The van der Waals surface area contributed by atoms with Crippen LogP contribution >= 0.6 is 11.3 Å². The van der Waals surface area contributed by atoms with Gasteiger partial charge in [0.15, 0.2) is 6.61 Å². The number of benzene rings is 2. The van der Waals surface area contributed by atoms with Crippen LogP contribution in [-0.4, -0.2) is 36.5 Å². The Labute approximate surface area is 185 Å². The lowest BCUT2D eigenvalue weighted by atomic mass is 10.0. The Kier molecular flexibility index (Phi) is 4.98. The van der Waals surface area contributed by atoms with Gasteiger partial charge < -0.3 is 9.64 Å². The van der Waals surface area contributed by atoms with Crippen molar-refractivity contribution in [3.63, 3.8) is 0 Å². The molecule has 0 bridgehead atoms. The van der Waals surface area contributed by atoms with Crippen molar-refractivity contribution in [2.45, 2.75) is 26.7 Å². The summed E-state index contributed by atoms with van der Waals surface area (Å²) in [5, 5.41) is 0.994. The quantitative estimate of drug-likeness (QED) is 0.623. The molecular formula is C24H23N3O3S. The van der Waals surface area contributed by atoms with Gasteiger partial charge in [0.2, 0.25) is 5.91 Å². The Morgan fingerprint density at radius 3 is 2.81 bits per heavy atom. The molecule has 2 amide bonds. The van der Waals surface area contributed by atoms with E-state index in [0.717, 1.165) is 39.7 Å². The molecule has 158 valence electrons. The normalized spacial score (nSPS) is 15.4. The highest BCUT2D eigenvalue weighted by atomic mass is 32.1. The Morgan fingerprint density at radius 1 is 1.16 bits per heavy atom. The molecule has 0 saturated carbocycles. The van der Waals surface area contributed by atoms with Crippen LogP contribution in [-0.2, 0) is 16.0 Å². The van der Waals surface area contributed by atoms with E-state index >= 15 is 0 Å². The van der Waals surface area contributed by atoms with Crippen molar-refractivity contribution in [3.05, 3.63) is 57.9 Å². The summed E-state index contributed by atoms with van der Waals surface area (Å²) in [6, 6.07) is 13.7. The zero-order chi connectivity index (χ0) is 21.5. The summed E-state index contributed by atoms with van der Waals surface area (Å²) in [6.45, 7) is 4.61. The third-order valence-electron chi connectivity index (χ3n) is 5.78. The number of carbonyl (C=O) groups excluding carboxylic acids is 2. The van der Waals surface area contributed by atoms with E-state index in [4.69, 9.17) is 4.74 Å². The van der Waals surface area contributed by atoms with Crippen molar-refractivity contribution in [3.8, 4) is 17.0 Å². The van der Waals surface area contributed by atoms with E-state index < -0.39 is 0 Å². The predicted molar refractivity (Wildman–Crippen MR) is 122 cm³/mol. The van der Waals surface area contributed by atoms with Gasteiger partial charge in [-0.25, -0.2) is 4.98 Å². The number of rotatable bonds is 3. The number of hydrogen-bond donors (Lipinski definition) is 0. The van der Waals surface area contributed by atoms with Gasteiger partial charge >= 0.3 is 0 Å². The molecule has 0 atom stereocenters. The van der Waals surface area contributed by atoms with Gasteiger partial charge in [-0.3, -0.25) is 14.5 Å². The number of anilines is 2. The van der Waals surface area contributed by atoms with Crippen molar-refractivity contribution in [1.29, 1.82) is 0 Å². The highest BCUT2D eigenvalue weighted by Gasteiger charge is 2.31. The molecule has 0 saturated heterocycles. The molecule has 3 heterocycles. The fourth-order valence-electron chi connectivity index (χ4n) is 4.33. The first-order valence-electron chi connectivity index (χ1n) is 10.4. The largest absolute Gasteiger partial charge is 0.482 e. The molecule has 2 aliphatic heterocycles. The van der Waals surface area contributed by atoms with Crippen molar-refractivity contribution in [2.75, 3.05) is 29.5 Å². The summed E-state index contributed by atoms with van der Waals surface area (Å²) in [6.07, 6.45) is 1.89. The Balaban J connectivity index is 1.47. The molecule has 6 nitrogen and oxygen atoms in total. The maximum Gasteiger partial charge on any atom is 0.265 e. The van der Waals surface area contributed by atoms with Gasteiger partial charge in [0, 0.05) is 22.7 Å². The van der Waals surface area contributed by atoms with Gasteiger partial charge in [-0.15, -0.1) is 11.3 Å². The van der Waals surface area contributed by atoms with E-state index in [2.05, 4.69) is 11.1 Å². The number of thiazole rings is 1. The first-order chi connectivity index (χ1) is 15.0. The van der Waals surface area contributed by atoms with E-state index in [-0.39, 0.29) is 25.0 Å². The van der Waals surface area contributed by atoms with E-state index in [9.17, 15) is 9.59 Å². The van der Waals surface area contributed by atoms with Crippen molar-refractivity contribution < 1.29 is 14.3 Å². The standard InChI is InChI=1S/C24H23N3O3S/c1-15-24(25-16(2)31-15)18-9-10-21-20(12-18)27(23(29)14-30-21)13-22(28)26-11-5-7-17-6-3-4-8-19(17)26/h3-4,6,8-10,12H,5,7,11,13-14H2,1-2H3. The van der Waals surface area contributed by atoms with Crippen LogP contribution in [0.15, 0.2) is 42.5 Å². The van der Waals surface area contributed by atoms with Crippen LogP contribution in [0.4, 0.5) is 11.4 Å². The van der Waals surface area contributed by atoms with E-state index in [0.29, 0.717) is 18.0 Å². The van der Waals surface area contributed by atoms with Crippen LogP contribution in [0.1, 0.15) is 21.9 Å². The maximum absolute atomic E-state index is 13.3. The fourth-order valence-corrected chi connectivity index (χ4v) is 5.17. The zero-order valence-electron chi connectivity index (χ0n) is 17.6. The molecule has 3 aromatic rings. The number of hydrogen-bond acceptors (Lipinski definition) is 5. The average molecular weight is 434 g/mol. The summed E-state index contributed by atoms with van der Waals surface area (Å²) < 4.78 is 5.64. The lowest BCUT2D eigenvalue weighted by Crippen LogP contribution is -2.47. The highest BCUT2D eigenvalue weighted by molar-refractivity contribution is 7.11. The molecule has 2 aliphatic rings. The third kappa shape index (κ3) is 3.59. The molecule has 0 aliphatic carbocycles. The van der Waals surface area contributed by atoms with Gasteiger partial charge in [0.25, 0.3) is 5.91 Å². The SMILES string of the molecule is Cc1nc(-c2ccc3c(c2)N(CC(=O)N2CCCc4ccccc42)C(=O)CO3)c(C)s1. The predicted octanol–water partition coefficient (Wildman–Crippen LogP) is 4.13. The van der Waals surface area contributed by atoms with Gasteiger partial charge in [0.05, 0.1) is 16.4 Å². The van der Waals surface area contributed by atoms with Crippen molar-refractivity contribution >= 4 is 34.5 Å². The number of aromatic nitrogens is 1. The number of ether oxygens (including phenoxy) is 1. The summed E-state index contributed by atoms with van der Waals surface area (Å²) in [5.41, 5.74) is 4.56. The number of aryl methyl sites for hydroxylation is 3. The first-order valence-corrected chi connectivity index (χ1v) is 11.2. The van der Waals surface area contributed by atoms with Crippen LogP contribution < -0.4 is 14.5 Å². The minimum Gasteiger partial charge on any atom is -0.482 e. The number of carbonyl (C=O) groups is 2. The van der Waals surface area contributed by atoms with Crippen LogP contribution in [0.25, 0.3) is 11.3 Å². The molecule has 7 heteroatoms. The van der Waals surface area contributed by atoms with Gasteiger partial charge in [0.1, 0.15) is 12.3 Å². The minimum atomic E-state index is -0.213. The minimum absolute atomic E-state index is 0.0118. The number of nitrogens with zero attached hydrogens (tertiary/aromatic N) is 3. The molecule has 31 heavy (non-hydrogen) atoms. The smallest absolute Gasteiger partial charge is 0.265 e. The maximum atomic E-state index is 13.3. The fraction of sp³-hybridized carbons (Fsp3) is 0.292. The molecule has 0 N–H and O–H groups in total. The molecule has 5 rings (SSSR count). The second-order valence-corrected chi connectivity index (χ2v) is 9.27. The first kappa shape index (κ1) is 19.8. The summed E-state index contributed by atoms with van der Waals surface area (Å²) in [4.78, 5) is 35.1. The molecule has 1 aromatic heterocycles. The monoisotopic (exact) mass is 433 g/mol. The van der Waals surface area contributed by atoms with Crippen LogP contribution in [0.2, 0.25) is 0 Å². The molecule has 0 unspecified atom stereocenters. The summed E-state index contributed by atoms with van der Waals surface area (Å²) in [5.74, 6) is 0.314. The lowest BCUT2D eigenvalue weighted by Gasteiger charge is -2.34. The number of para-hydroxylation sites is 1. The van der Waals surface area contributed by atoms with Crippen LogP contribution in [0.5, 0.6) is 5.75 Å². The second-order valence-electron chi connectivity index (χ2n) is 7.87. The topological polar surface area (TPSA) is 62.7 Å². The van der Waals surface area contributed by atoms with E-state index in [1.54, 1.807) is 21.1 Å². The summed E-state index contributed by atoms with van der Waals surface area (Å²) >= 11 is 1.64. The lowest BCUT2D eigenvalue weighted by molar-refractivity contribution is -0.124. The molecule has 0 spiro atoms. The molecule has 0 radical (unpaired) electrons. The number of fused-ring (bicyclic) bond motifs is 2. The molecular weight excluding hydrogens is 410 g/mol. The zero-order valence-corrected chi connectivity index (χ0v) is 18.4. The average Bonchev–Trinajstić information content (AvgIpc) is 3.12. The van der Waals surface area contributed by atoms with Crippen molar-refractivity contribution in [2.24, 2.45) is 0 Å². The summed E-state index contributed by atoms with van der Waals surface area (Å²) in [7, 11) is 0. The Morgan fingerprint density at radius 2 is 2.00 bits per heavy atom. The highest BCUT2D eigenvalue weighted by Crippen LogP contribution is 2.38. The van der Waals surface area contributed by atoms with Crippen LogP contribution in [0, 0.1) is 13.8 Å². The third-order valence-corrected chi connectivity index (χ3v) is 6.67. The number of amides is 2. The van der Waals surface area contributed by atoms with Crippen LogP contribution in [0.3, 0.4) is 0 Å². The van der Waals surface area contributed by atoms with E-state index in [1.165, 1.54) is 5.56 Å². The van der Waals surface area contributed by atoms with Crippen molar-refractivity contribution in [1.82, 2.24) is 4.98 Å².